The Labute approximate surface area is 48.0 Å². The molecule has 0 aliphatic heterocycles. The third-order valence-corrected chi connectivity index (χ3v) is 0.820. The van der Waals surface area contributed by atoms with E-state index in [0.717, 1.165) is 0 Å². The van der Waals surface area contributed by atoms with Crippen molar-refractivity contribution in [2.45, 2.75) is 13.3 Å². The van der Waals surface area contributed by atoms with Gasteiger partial charge in [0.2, 0.25) is 0 Å². The Bertz CT molecular complexity index is 95.0. The lowest BCUT2D eigenvalue weighted by Gasteiger charge is -1.92. The van der Waals surface area contributed by atoms with E-state index >= 15 is 0 Å². The predicted octanol–water partition coefficient (Wildman–Crippen LogP) is 0.473. The quantitative estimate of drug-likeness (QED) is 0.322. The monoisotopic (exact) mass is 114 g/mol. The lowest BCUT2D eigenvalue weighted by molar-refractivity contribution is -0.126. The number of hydroxylamine groups is 1. The summed E-state index contributed by atoms with van der Waals surface area (Å²) in [6, 6.07) is 0. The van der Waals surface area contributed by atoms with Crippen molar-refractivity contribution in [2.75, 3.05) is 0 Å². The molecule has 0 heterocycles. The maximum Gasteiger partial charge on any atom is 0.295 e. The summed E-state index contributed by atoms with van der Waals surface area (Å²) in [7, 11) is 0. The smallest absolute Gasteiger partial charge is 0.265 e. The second-order valence-corrected chi connectivity index (χ2v) is 1.36. The van der Waals surface area contributed by atoms with Crippen molar-refractivity contribution < 1.29 is 10.0 Å². The standard InChI is InChI=1S/C5H8NO2/c1-3-4(2)5(7)6-8/h8H,2-3H2,1H3. The van der Waals surface area contributed by atoms with Gasteiger partial charge in [-0.2, -0.15) is 0 Å². The molecule has 0 unspecified atom stereocenters. The van der Waals surface area contributed by atoms with Gasteiger partial charge in [0.15, 0.2) is 0 Å². The van der Waals surface area contributed by atoms with E-state index in [1.165, 1.54) is 0 Å². The first kappa shape index (κ1) is 7.17. The molecular weight excluding hydrogens is 106 g/mol. The van der Waals surface area contributed by atoms with Crippen LogP contribution >= 0.6 is 0 Å². The minimum absolute atomic E-state index is 0.326. The Morgan fingerprint density at radius 1 is 1.88 bits per heavy atom. The maximum atomic E-state index is 10.2. The lowest BCUT2D eigenvalue weighted by Crippen LogP contribution is -2.12. The number of nitrogens with zero attached hydrogens (tertiary/aromatic N) is 1. The lowest BCUT2D eigenvalue weighted by atomic mass is 10.2. The van der Waals surface area contributed by atoms with Gasteiger partial charge in [0.05, 0.1) is 0 Å². The molecule has 8 heavy (non-hydrogen) atoms. The van der Waals surface area contributed by atoms with E-state index in [1.807, 2.05) is 0 Å². The number of hydrogen-bond donors (Lipinski definition) is 1. The number of hydrogen-bond acceptors (Lipinski definition) is 2. The molecular formula is C5H8NO2. The van der Waals surface area contributed by atoms with Gasteiger partial charge < -0.3 is 0 Å². The minimum atomic E-state index is -0.632. The van der Waals surface area contributed by atoms with Crippen LogP contribution in [0.3, 0.4) is 0 Å². The van der Waals surface area contributed by atoms with Crippen LogP contribution in [0, 0.1) is 0 Å². The van der Waals surface area contributed by atoms with Gasteiger partial charge in [0.25, 0.3) is 5.91 Å². The highest BCUT2D eigenvalue weighted by Gasteiger charge is 2.01. The summed E-state index contributed by atoms with van der Waals surface area (Å²) in [5.74, 6) is -0.632. The maximum absolute atomic E-state index is 10.2. The molecule has 1 radical (unpaired) electrons. The van der Waals surface area contributed by atoms with E-state index in [0.29, 0.717) is 12.0 Å². The van der Waals surface area contributed by atoms with Gasteiger partial charge in [0, 0.05) is 5.57 Å². The summed E-state index contributed by atoms with van der Waals surface area (Å²) >= 11 is 0. The van der Waals surface area contributed by atoms with Gasteiger partial charge in [-0.1, -0.05) is 19.0 Å². The summed E-state index contributed by atoms with van der Waals surface area (Å²) in [4.78, 5) is 10.2. The molecule has 1 amide bonds. The van der Waals surface area contributed by atoms with Crippen LogP contribution in [-0.2, 0) is 4.79 Å². The fourth-order valence-electron chi connectivity index (χ4n) is 0.222. The van der Waals surface area contributed by atoms with E-state index in [1.54, 1.807) is 6.92 Å². The van der Waals surface area contributed by atoms with Crippen LogP contribution in [0.15, 0.2) is 12.2 Å². The molecule has 1 N–H and O–H groups in total. The van der Waals surface area contributed by atoms with E-state index in [-0.39, 0.29) is 0 Å². The molecule has 0 bridgehead atoms. The molecule has 0 atom stereocenters. The van der Waals surface area contributed by atoms with Crippen LogP contribution in [0.1, 0.15) is 13.3 Å². The largest absolute Gasteiger partial charge is 0.295 e. The van der Waals surface area contributed by atoms with Crippen LogP contribution in [0.2, 0.25) is 0 Å². The SMILES string of the molecule is C=C(CC)C(=O)[N]O. The summed E-state index contributed by atoms with van der Waals surface area (Å²) in [6.45, 7) is 5.11. The van der Waals surface area contributed by atoms with Gasteiger partial charge in [0.1, 0.15) is 0 Å². The minimum Gasteiger partial charge on any atom is -0.265 e. The zero-order valence-corrected chi connectivity index (χ0v) is 4.72. The van der Waals surface area contributed by atoms with Gasteiger partial charge in [-0.25, -0.2) is 0 Å². The highest BCUT2D eigenvalue weighted by molar-refractivity contribution is 5.91. The van der Waals surface area contributed by atoms with Gasteiger partial charge in [-0.15, -0.1) is 0 Å². The first-order valence-electron chi connectivity index (χ1n) is 2.29. The molecule has 0 aliphatic rings. The highest BCUT2D eigenvalue weighted by Crippen LogP contribution is 1.94. The number of carbonyl (C=O) groups is 1. The van der Waals surface area contributed by atoms with E-state index < -0.39 is 5.91 Å². The van der Waals surface area contributed by atoms with Crippen molar-refractivity contribution in [1.82, 2.24) is 5.48 Å². The van der Waals surface area contributed by atoms with Gasteiger partial charge >= 0.3 is 0 Å². The van der Waals surface area contributed by atoms with Crippen molar-refractivity contribution >= 4 is 5.91 Å². The molecule has 0 aromatic rings. The van der Waals surface area contributed by atoms with Crippen LogP contribution in [0.4, 0.5) is 0 Å². The van der Waals surface area contributed by atoms with Crippen molar-refractivity contribution in [3.8, 4) is 0 Å². The third kappa shape index (κ3) is 1.75. The molecule has 0 aromatic heterocycles. The van der Waals surface area contributed by atoms with Crippen molar-refractivity contribution in [2.24, 2.45) is 0 Å². The predicted molar refractivity (Wildman–Crippen MR) is 28.4 cm³/mol. The molecule has 45 valence electrons. The molecule has 0 saturated heterocycles. The average molecular weight is 114 g/mol. The van der Waals surface area contributed by atoms with E-state index in [9.17, 15) is 4.79 Å². The van der Waals surface area contributed by atoms with E-state index in [4.69, 9.17) is 5.21 Å². The Hall–Kier alpha value is -0.830. The molecule has 0 aliphatic carbocycles. The molecule has 0 spiro atoms. The Balaban J connectivity index is 3.64. The number of carbonyl (C=O) groups excluding carboxylic acids is 1. The Kier molecular flexibility index (Phi) is 2.88. The molecule has 0 saturated carbocycles. The topological polar surface area (TPSA) is 51.4 Å². The Morgan fingerprint density at radius 3 is 2.50 bits per heavy atom. The van der Waals surface area contributed by atoms with Crippen molar-refractivity contribution in [3.63, 3.8) is 0 Å². The van der Waals surface area contributed by atoms with Crippen molar-refractivity contribution in [1.29, 1.82) is 0 Å². The van der Waals surface area contributed by atoms with Crippen LogP contribution in [0.5, 0.6) is 0 Å². The Morgan fingerprint density at radius 2 is 2.38 bits per heavy atom. The first-order chi connectivity index (χ1) is 3.72. The summed E-state index contributed by atoms with van der Waals surface area (Å²) in [6.07, 6.45) is 0.531. The van der Waals surface area contributed by atoms with Crippen LogP contribution in [0.25, 0.3) is 0 Å². The van der Waals surface area contributed by atoms with Gasteiger partial charge in [-0.3, -0.25) is 10.0 Å². The molecule has 3 heteroatoms. The average Bonchev–Trinajstić information content (AvgIpc) is 1.84. The summed E-state index contributed by atoms with van der Waals surface area (Å²) < 4.78 is 0. The zero-order chi connectivity index (χ0) is 6.57. The molecule has 0 aromatic carbocycles. The fourth-order valence-corrected chi connectivity index (χ4v) is 0.222. The fraction of sp³-hybridized carbons (Fsp3) is 0.400. The van der Waals surface area contributed by atoms with Crippen LogP contribution in [-0.4, -0.2) is 11.1 Å². The van der Waals surface area contributed by atoms with Gasteiger partial charge in [-0.05, 0) is 6.42 Å². The second kappa shape index (κ2) is 3.21. The molecule has 0 fully saturated rings. The van der Waals surface area contributed by atoms with Crippen LogP contribution < -0.4 is 5.48 Å². The van der Waals surface area contributed by atoms with Crippen molar-refractivity contribution in [3.05, 3.63) is 12.2 Å². The molecule has 3 nitrogen and oxygen atoms in total. The number of rotatable bonds is 2. The summed E-state index contributed by atoms with van der Waals surface area (Å²) in [5, 5.41) is 7.85. The first-order valence-corrected chi connectivity index (χ1v) is 2.29. The highest BCUT2D eigenvalue weighted by atomic mass is 16.5. The molecule has 0 rings (SSSR count). The summed E-state index contributed by atoms with van der Waals surface area (Å²) in [5.41, 5.74) is 2.75. The third-order valence-electron chi connectivity index (χ3n) is 0.820. The number of amides is 1. The second-order valence-electron chi connectivity index (χ2n) is 1.36. The zero-order valence-electron chi connectivity index (χ0n) is 4.72. The van der Waals surface area contributed by atoms with E-state index in [2.05, 4.69) is 12.1 Å². The normalized spacial score (nSPS) is 8.25.